The van der Waals surface area contributed by atoms with Gasteiger partial charge in [0.2, 0.25) is 0 Å². The van der Waals surface area contributed by atoms with Crippen molar-refractivity contribution >= 4 is 39.4 Å². The van der Waals surface area contributed by atoms with Crippen molar-refractivity contribution in [1.82, 2.24) is 0 Å². The molecule has 0 heterocycles. The summed E-state index contributed by atoms with van der Waals surface area (Å²) in [5.41, 5.74) is 1.23. The fourth-order valence-electron chi connectivity index (χ4n) is 2.79. The van der Waals surface area contributed by atoms with Crippen LogP contribution in [0.15, 0.2) is 77.2 Å². The van der Waals surface area contributed by atoms with Crippen LogP contribution in [0, 0.1) is 18.3 Å². The summed E-state index contributed by atoms with van der Waals surface area (Å²) in [7, 11) is -2.85. The number of nitrogens with one attached hydrogen (secondary N) is 1. The molecule has 0 radical (unpaired) electrons. The number of halogens is 1. The quantitative estimate of drug-likeness (QED) is 0.289. The number of hydrogen-bond acceptors (Lipinski definition) is 6. The van der Waals surface area contributed by atoms with Crippen LogP contribution in [0.1, 0.15) is 11.1 Å². The van der Waals surface area contributed by atoms with Crippen molar-refractivity contribution in [1.29, 1.82) is 5.26 Å². The molecule has 1 amide bonds. The van der Waals surface area contributed by atoms with Gasteiger partial charge in [0.1, 0.15) is 16.5 Å². The number of nitrogens with zero attached hydrogens (tertiary/aromatic N) is 1. The average molecular weight is 483 g/mol. The van der Waals surface area contributed by atoms with Crippen LogP contribution in [0.2, 0.25) is 5.02 Å². The second-order valence-electron chi connectivity index (χ2n) is 6.86. The highest BCUT2D eigenvalue weighted by atomic mass is 35.5. The molecule has 33 heavy (non-hydrogen) atoms. The lowest BCUT2D eigenvalue weighted by atomic mass is 10.1. The van der Waals surface area contributed by atoms with Crippen LogP contribution in [0.4, 0.5) is 5.69 Å². The van der Waals surface area contributed by atoms with Crippen molar-refractivity contribution in [3.63, 3.8) is 0 Å². The summed E-state index contributed by atoms with van der Waals surface area (Å²) < 4.78 is 36.3. The number of nitriles is 1. The fourth-order valence-corrected chi connectivity index (χ4v) is 3.88. The molecule has 0 aliphatic carbocycles. The van der Waals surface area contributed by atoms with Gasteiger partial charge in [-0.25, -0.2) is 0 Å². The molecule has 0 saturated carbocycles. The molecule has 7 nitrogen and oxygen atoms in total. The van der Waals surface area contributed by atoms with Crippen LogP contribution in [-0.2, 0) is 14.9 Å². The predicted octanol–water partition coefficient (Wildman–Crippen LogP) is 4.97. The van der Waals surface area contributed by atoms with Crippen LogP contribution in [0.25, 0.3) is 6.08 Å². The lowest BCUT2D eigenvalue weighted by molar-refractivity contribution is -0.112. The summed E-state index contributed by atoms with van der Waals surface area (Å²) in [5.74, 6) is -0.711. The summed E-state index contributed by atoms with van der Waals surface area (Å²) in [6, 6.07) is 18.9. The second-order valence-corrected chi connectivity index (χ2v) is 8.84. The third kappa shape index (κ3) is 5.92. The Labute approximate surface area is 197 Å². The van der Waals surface area contributed by atoms with Gasteiger partial charge in [-0.15, -0.1) is 0 Å². The lowest BCUT2D eigenvalue weighted by Gasteiger charge is -2.14. The monoisotopic (exact) mass is 482 g/mol. The third-order valence-electron chi connectivity index (χ3n) is 4.50. The molecule has 0 aliphatic rings. The first-order valence-corrected chi connectivity index (χ1v) is 11.4. The van der Waals surface area contributed by atoms with Gasteiger partial charge in [0.05, 0.1) is 7.11 Å². The molecule has 0 saturated heterocycles. The summed E-state index contributed by atoms with van der Waals surface area (Å²) >= 11 is 5.84. The van der Waals surface area contributed by atoms with Gasteiger partial charge >= 0.3 is 10.1 Å². The van der Waals surface area contributed by atoms with Crippen molar-refractivity contribution in [2.45, 2.75) is 11.8 Å². The van der Waals surface area contributed by atoms with Gasteiger partial charge < -0.3 is 14.2 Å². The van der Waals surface area contributed by atoms with Crippen LogP contribution < -0.4 is 14.2 Å². The molecule has 9 heteroatoms. The molecule has 0 spiro atoms. The molecule has 3 aromatic carbocycles. The Hall–Kier alpha value is -3.80. The zero-order chi connectivity index (χ0) is 24.0. The average Bonchev–Trinajstić information content (AvgIpc) is 2.79. The SMILES string of the molecule is COc1cccc(/C=C(\C#N)C(=O)Nc2ccc(Cl)cc2)c1OS(=O)(=O)c1ccc(C)cc1. The van der Waals surface area contributed by atoms with Gasteiger partial charge in [0.15, 0.2) is 11.5 Å². The Balaban J connectivity index is 1.98. The fraction of sp³-hybridized carbons (Fsp3) is 0.0833. The van der Waals surface area contributed by atoms with Crippen molar-refractivity contribution in [3.8, 4) is 17.6 Å². The maximum atomic E-state index is 12.8. The molecule has 0 fully saturated rings. The molecule has 1 N–H and O–H groups in total. The number of methoxy groups -OCH3 is 1. The molecule has 3 aromatic rings. The number of ether oxygens (including phenoxy) is 1. The molecule has 0 unspecified atom stereocenters. The van der Waals surface area contributed by atoms with Gasteiger partial charge in [-0.1, -0.05) is 41.4 Å². The van der Waals surface area contributed by atoms with E-state index in [2.05, 4.69) is 5.32 Å². The first kappa shape index (κ1) is 23.9. The maximum absolute atomic E-state index is 12.8. The first-order chi connectivity index (χ1) is 15.7. The molecule has 168 valence electrons. The van der Waals surface area contributed by atoms with Gasteiger partial charge in [-0.05, 0) is 55.5 Å². The van der Waals surface area contributed by atoms with E-state index in [0.717, 1.165) is 5.56 Å². The largest absolute Gasteiger partial charge is 0.493 e. The predicted molar refractivity (Wildman–Crippen MR) is 126 cm³/mol. The zero-order valence-electron chi connectivity index (χ0n) is 17.7. The zero-order valence-corrected chi connectivity index (χ0v) is 19.3. The third-order valence-corrected chi connectivity index (χ3v) is 5.99. The van der Waals surface area contributed by atoms with Gasteiger partial charge in [0.25, 0.3) is 5.91 Å². The van der Waals surface area contributed by atoms with E-state index in [-0.39, 0.29) is 27.5 Å². The topological polar surface area (TPSA) is 105 Å². The van der Waals surface area contributed by atoms with Crippen LogP contribution in [-0.4, -0.2) is 21.4 Å². The maximum Gasteiger partial charge on any atom is 0.339 e. The molecule has 0 aliphatic heterocycles. The summed E-state index contributed by atoms with van der Waals surface area (Å²) in [6.45, 7) is 1.83. The van der Waals surface area contributed by atoms with Crippen molar-refractivity contribution in [2.75, 3.05) is 12.4 Å². The van der Waals surface area contributed by atoms with Crippen LogP contribution in [0.3, 0.4) is 0 Å². The van der Waals surface area contributed by atoms with E-state index < -0.39 is 16.0 Å². The normalized spacial score (nSPS) is 11.4. The Morgan fingerprint density at radius 1 is 1.06 bits per heavy atom. The second kappa shape index (κ2) is 10.2. The Kier molecular flexibility index (Phi) is 7.38. The highest BCUT2D eigenvalue weighted by Crippen LogP contribution is 2.35. The Morgan fingerprint density at radius 3 is 2.33 bits per heavy atom. The van der Waals surface area contributed by atoms with E-state index in [4.69, 9.17) is 20.5 Å². The van der Waals surface area contributed by atoms with E-state index in [1.807, 2.05) is 13.0 Å². The summed E-state index contributed by atoms with van der Waals surface area (Å²) in [5, 5.41) is 12.6. The first-order valence-electron chi connectivity index (χ1n) is 9.60. The number of para-hydroxylation sites is 1. The van der Waals surface area contributed by atoms with Crippen molar-refractivity contribution in [3.05, 3.63) is 88.5 Å². The minimum atomic E-state index is -4.21. The van der Waals surface area contributed by atoms with E-state index in [9.17, 15) is 18.5 Å². The van der Waals surface area contributed by atoms with Crippen molar-refractivity contribution < 1.29 is 22.1 Å². The molecule has 0 aromatic heterocycles. The highest BCUT2D eigenvalue weighted by Gasteiger charge is 2.22. The summed E-state index contributed by atoms with van der Waals surface area (Å²) in [6.07, 6.45) is 1.23. The number of anilines is 1. The van der Waals surface area contributed by atoms with E-state index >= 15 is 0 Å². The number of benzene rings is 3. The standard InChI is InChI=1S/C24H19ClN2O5S/c1-16-6-12-21(13-7-16)33(29,30)32-23-17(4-3-5-22(23)31-2)14-18(15-26)24(28)27-20-10-8-19(25)9-11-20/h3-14H,1-2H3,(H,27,28)/b18-14+. The number of carbonyl (C=O) groups excluding carboxylic acids is 1. The van der Waals surface area contributed by atoms with Gasteiger partial charge in [0, 0.05) is 16.3 Å². The smallest absolute Gasteiger partial charge is 0.339 e. The molecular weight excluding hydrogens is 464 g/mol. The summed E-state index contributed by atoms with van der Waals surface area (Å²) in [4.78, 5) is 12.6. The molecule has 0 bridgehead atoms. The molecule has 3 rings (SSSR count). The number of amides is 1. The van der Waals surface area contributed by atoms with Crippen LogP contribution in [0.5, 0.6) is 11.5 Å². The minimum absolute atomic E-state index is 0.0464. The van der Waals surface area contributed by atoms with Crippen LogP contribution >= 0.6 is 11.6 Å². The molecule has 0 atom stereocenters. The lowest BCUT2D eigenvalue weighted by Crippen LogP contribution is -2.14. The highest BCUT2D eigenvalue weighted by molar-refractivity contribution is 7.87. The Bertz CT molecular complexity index is 1340. The van der Waals surface area contributed by atoms with Gasteiger partial charge in [-0.2, -0.15) is 13.7 Å². The number of rotatable bonds is 7. The Morgan fingerprint density at radius 2 is 1.73 bits per heavy atom. The number of aryl methyl sites for hydroxylation is 1. The van der Waals surface area contributed by atoms with Gasteiger partial charge in [-0.3, -0.25) is 4.79 Å². The number of hydrogen-bond donors (Lipinski definition) is 1. The van der Waals surface area contributed by atoms with Crippen molar-refractivity contribution in [2.24, 2.45) is 0 Å². The molecular formula is C24H19ClN2O5S. The van der Waals surface area contributed by atoms with E-state index in [1.54, 1.807) is 42.5 Å². The van der Waals surface area contributed by atoms with E-state index in [1.165, 1.54) is 37.5 Å². The number of carbonyl (C=O) groups is 1. The minimum Gasteiger partial charge on any atom is -0.493 e. The van der Waals surface area contributed by atoms with E-state index in [0.29, 0.717) is 10.7 Å².